The maximum Gasteiger partial charge on any atom is 0.249 e. The van der Waals surface area contributed by atoms with Crippen LogP contribution >= 0.6 is 0 Å². The van der Waals surface area contributed by atoms with Crippen LogP contribution in [0.15, 0.2) is 28.9 Å². The van der Waals surface area contributed by atoms with Gasteiger partial charge in [0.15, 0.2) is 0 Å². The summed E-state index contributed by atoms with van der Waals surface area (Å²) < 4.78 is 5.84. The van der Waals surface area contributed by atoms with Crippen molar-refractivity contribution in [3.8, 4) is 11.5 Å². The minimum absolute atomic E-state index is 0.370. The minimum atomic E-state index is 0.370. The normalized spacial score (nSPS) is 19.5. The second kappa shape index (κ2) is 6.35. The summed E-state index contributed by atoms with van der Waals surface area (Å²) >= 11 is 0. The summed E-state index contributed by atoms with van der Waals surface area (Å²) in [4.78, 5) is 6.58. The Balaban J connectivity index is 1.62. The Hall–Kier alpha value is -1.75. The molecule has 1 aliphatic rings. The molecular weight excluding hydrogens is 264 g/mol. The van der Waals surface area contributed by atoms with Crippen molar-refractivity contribution in [1.82, 2.24) is 20.1 Å². The molecule has 0 amide bonds. The zero-order valence-electron chi connectivity index (χ0n) is 12.7. The van der Waals surface area contributed by atoms with Gasteiger partial charge in [0.2, 0.25) is 11.8 Å². The van der Waals surface area contributed by atoms with Gasteiger partial charge in [0, 0.05) is 18.9 Å². The number of nitrogens with zero attached hydrogens (tertiary/aromatic N) is 4. The average Bonchev–Trinajstić information content (AvgIpc) is 3.15. The average molecular weight is 286 g/mol. The van der Waals surface area contributed by atoms with Gasteiger partial charge in [-0.1, -0.05) is 13.8 Å². The summed E-state index contributed by atoms with van der Waals surface area (Å²) in [7, 11) is 0. The molecule has 5 nitrogen and oxygen atoms in total. The van der Waals surface area contributed by atoms with Crippen LogP contribution in [0.1, 0.15) is 38.5 Å². The zero-order valence-corrected chi connectivity index (χ0v) is 12.7. The van der Waals surface area contributed by atoms with E-state index >= 15 is 0 Å². The summed E-state index contributed by atoms with van der Waals surface area (Å²) in [6.45, 7) is 7.86. The van der Waals surface area contributed by atoms with E-state index in [-0.39, 0.29) is 0 Å². The van der Waals surface area contributed by atoms with Crippen molar-refractivity contribution in [3.63, 3.8) is 0 Å². The fourth-order valence-corrected chi connectivity index (χ4v) is 2.68. The van der Waals surface area contributed by atoms with E-state index in [0.717, 1.165) is 43.4 Å². The molecule has 0 radical (unpaired) electrons. The summed E-state index contributed by atoms with van der Waals surface area (Å²) in [6, 6.07) is 3.82. The number of hydrogen-bond donors (Lipinski definition) is 0. The van der Waals surface area contributed by atoms with Crippen LogP contribution in [0.2, 0.25) is 0 Å². The Kier molecular flexibility index (Phi) is 4.29. The first-order valence-corrected chi connectivity index (χ1v) is 7.68. The highest BCUT2D eigenvalue weighted by Gasteiger charge is 2.28. The van der Waals surface area contributed by atoms with Crippen molar-refractivity contribution >= 4 is 0 Å². The van der Waals surface area contributed by atoms with E-state index in [2.05, 4.69) is 33.9 Å². The third-order valence-corrected chi connectivity index (χ3v) is 3.99. The molecule has 0 aliphatic carbocycles. The Morgan fingerprint density at radius 2 is 2.29 bits per heavy atom. The molecule has 0 aromatic carbocycles. The maximum atomic E-state index is 5.84. The van der Waals surface area contributed by atoms with E-state index in [1.807, 2.05) is 12.1 Å². The standard InChI is InChI=1S/C16H22N4O/c1-12(2)5-8-20-9-6-14(11-20)16-19-18-15(21-16)13-4-3-7-17-10-13/h3-4,7,10,12,14H,5-6,8-9,11H2,1-2H3/t14-/m0/s1. The molecule has 0 bridgehead atoms. The van der Waals surface area contributed by atoms with Crippen LogP contribution in [-0.2, 0) is 0 Å². The lowest BCUT2D eigenvalue weighted by molar-refractivity contribution is 0.305. The van der Waals surface area contributed by atoms with Crippen LogP contribution in [0.25, 0.3) is 11.5 Å². The topological polar surface area (TPSA) is 55.1 Å². The van der Waals surface area contributed by atoms with Gasteiger partial charge in [-0.15, -0.1) is 10.2 Å². The van der Waals surface area contributed by atoms with E-state index in [4.69, 9.17) is 4.42 Å². The smallest absolute Gasteiger partial charge is 0.249 e. The molecule has 0 unspecified atom stereocenters. The van der Waals surface area contributed by atoms with Crippen LogP contribution in [0, 0.1) is 5.92 Å². The highest BCUT2D eigenvalue weighted by Crippen LogP contribution is 2.28. The summed E-state index contributed by atoms with van der Waals surface area (Å²) in [5.41, 5.74) is 0.880. The van der Waals surface area contributed by atoms with E-state index < -0.39 is 0 Å². The van der Waals surface area contributed by atoms with Crippen LogP contribution < -0.4 is 0 Å². The van der Waals surface area contributed by atoms with Gasteiger partial charge in [-0.25, -0.2) is 0 Å². The minimum Gasteiger partial charge on any atom is -0.420 e. The number of hydrogen-bond acceptors (Lipinski definition) is 5. The number of aromatic nitrogens is 3. The maximum absolute atomic E-state index is 5.84. The molecule has 1 atom stereocenters. The van der Waals surface area contributed by atoms with Gasteiger partial charge in [-0.05, 0) is 44.0 Å². The van der Waals surface area contributed by atoms with Gasteiger partial charge in [-0.3, -0.25) is 4.98 Å². The number of likely N-dealkylation sites (tertiary alicyclic amines) is 1. The lowest BCUT2D eigenvalue weighted by Crippen LogP contribution is -2.22. The van der Waals surface area contributed by atoms with Gasteiger partial charge in [-0.2, -0.15) is 0 Å². The molecule has 1 aliphatic heterocycles. The molecule has 21 heavy (non-hydrogen) atoms. The molecule has 2 aromatic rings. The van der Waals surface area contributed by atoms with Gasteiger partial charge >= 0.3 is 0 Å². The first-order valence-electron chi connectivity index (χ1n) is 7.68. The molecule has 0 saturated carbocycles. The Morgan fingerprint density at radius 3 is 3.05 bits per heavy atom. The molecule has 1 saturated heterocycles. The van der Waals surface area contributed by atoms with Crippen LogP contribution in [0.3, 0.4) is 0 Å². The van der Waals surface area contributed by atoms with Crippen LogP contribution in [0.5, 0.6) is 0 Å². The predicted molar refractivity (Wildman–Crippen MR) is 80.8 cm³/mol. The van der Waals surface area contributed by atoms with Crippen molar-refractivity contribution in [3.05, 3.63) is 30.4 Å². The molecule has 3 rings (SSSR count). The molecule has 112 valence electrons. The summed E-state index contributed by atoms with van der Waals surface area (Å²) in [5, 5.41) is 8.39. The lowest BCUT2D eigenvalue weighted by atomic mass is 10.1. The SMILES string of the molecule is CC(C)CCN1CC[C@H](c2nnc(-c3cccnc3)o2)C1. The second-order valence-electron chi connectivity index (χ2n) is 6.16. The van der Waals surface area contributed by atoms with Crippen LogP contribution in [0.4, 0.5) is 0 Å². The molecule has 0 spiro atoms. The third kappa shape index (κ3) is 3.47. The van der Waals surface area contributed by atoms with Crippen molar-refractivity contribution < 1.29 is 4.42 Å². The van der Waals surface area contributed by atoms with E-state index in [1.165, 1.54) is 6.42 Å². The zero-order chi connectivity index (χ0) is 14.7. The fourth-order valence-electron chi connectivity index (χ4n) is 2.68. The quantitative estimate of drug-likeness (QED) is 0.845. The fraction of sp³-hybridized carbons (Fsp3) is 0.562. The van der Waals surface area contributed by atoms with Crippen LogP contribution in [-0.4, -0.2) is 39.7 Å². The van der Waals surface area contributed by atoms with Crippen molar-refractivity contribution in [2.24, 2.45) is 5.92 Å². The van der Waals surface area contributed by atoms with Crippen molar-refractivity contribution in [2.45, 2.75) is 32.6 Å². The Morgan fingerprint density at radius 1 is 1.38 bits per heavy atom. The third-order valence-electron chi connectivity index (χ3n) is 3.99. The molecule has 5 heteroatoms. The highest BCUT2D eigenvalue weighted by molar-refractivity contribution is 5.49. The van der Waals surface area contributed by atoms with Gasteiger partial charge in [0.25, 0.3) is 0 Å². The predicted octanol–water partition coefficient (Wildman–Crippen LogP) is 2.97. The lowest BCUT2D eigenvalue weighted by Gasteiger charge is -2.16. The molecule has 3 heterocycles. The van der Waals surface area contributed by atoms with Crippen molar-refractivity contribution in [1.29, 1.82) is 0 Å². The first kappa shape index (κ1) is 14.2. The molecule has 0 N–H and O–H groups in total. The molecule has 2 aromatic heterocycles. The first-order chi connectivity index (χ1) is 10.2. The van der Waals surface area contributed by atoms with Crippen molar-refractivity contribution in [2.75, 3.05) is 19.6 Å². The largest absolute Gasteiger partial charge is 0.420 e. The van der Waals surface area contributed by atoms with Gasteiger partial charge in [0.1, 0.15) is 0 Å². The Bertz CT molecular complexity index is 567. The van der Waals surface area contributed by atoms with E-state index in [0.29, 0.717) is 11.8 Å². The summed E-state index contributed by atoms with van der Waals surface area (Å²) in [6.07, 6.45) is 5.84. The second-order valence-corrected chi connectivity index (χ2v) is 6.16. The van der Waals surface area contributed by atoms with Gasteiger partial charge in [0.05, 0.1) is 11.5 Å². The van der Waals surface area contributed by atoms with E-state index in [1.54, 1.807) is 12.4 Å². The Labute approximate surface area is 125 Å². The number of rotatable bonds is 5. The number of pyridine rings is 1. The highest BCUT2D eigenvalue weighted by atomic mass is 16.4. The van der Waals surface area contributed by atoms with Gasteiger partial charge < -0.3 is 9.32 Å². The molecular formula is C16H22N4O. The monoisotopic (exact) mass is 286 g/mol. The van der Waals surface area contributed by atoms with E-state index in [9.17, 15) is 0 Å². The summed E-state index contributed by atoms with van der Waals surface area (Å²) in [5.74, 6) is 2.46. The molecule has 1 fully saturated rings.